The quantitative estimate of drug-likeness (QED) is 0.724. The highest BCUT2D eigenvalue weighted by Crippen LogP contribution is 2.33. The van der Waals surface area contributed by atoms with Crippen molar-refractivity contribution in [3.8, 4) is 0 Å². The van der Waals surface area contributed by atoms with Gasteiger partial charge < -0.3 is 15.2 Å². The third-order valence-corrected chi connectivity index (χ3v) is 3.90. The molecule has 0 heterocycles. The zero-order chi connectivity index (χ0) is 15.0. The molecule has 0 amide bonds. The summed E-state index contributed by atoms with van der Waals surface area (Å²) in [4.78, 5) is 22.9. The van der Waals surface area contributed by atoms with Gasteiger partial charge >= 0.3 is 11.9 Å². The monoisotopic (exact) mass is 285 g/mol. The molecule has 0 bridgehead atoms. The van der Waals surface area contributed by atoms with Gasteiger partial charge in [0.05, 0.1) is 13.2 Å². The summed E-state index contributed by atoms with van der Waals surface area (Å²) < 4.78 is 9.89. The van der Waals surface area contributed by atoms with Gasteiger partial charge in [-0.3, -0.25) is 9.59 Å². The highest BCUT2D eigenvalue weighted by atomic mass is 16.5. The molecule has 2 N–H and O–H groups in total. The molecule has 0 spiro atoms. The van der Waals surface area contributed by atoms with Crippen LogP contribution in [0, 0.1) is 11.8 Å². The Morgan fingerprint density at radius 2 is 1.60 bits per heavy atom. The highest BCUT2D eigenvalue weighted by Gasteiger charge is 2.26. The molecule has 1 atom stereocenters. The minimum absolute atomic E-state index is 0.0980. The topological polar surface area (TPSA) is 78.6 Å². The predicted octanol–water partition coefficient (Wildman–Crippen LogP) is 2.03. The zero-order valence-corrected chi connectivity index (χ0v) is 12.6. The van der Waals surface area contributed by atoms with Crippen molar-refractivity contribution in [2.75, 3.05) is 13.2 Å². The number of nitrogens with two attached hydrogens (primary N) is 1. The Balaban J connectivity index is 2.25. The Hall–Kier alpha value is -1.10. The fourth-order valence-electron chi connectivity index (χ4n) is 2.83. The van der Waals surface area contributed by atoms with Crippen LogP contribution in [0.15, 0.2) is 0 Å². The molecule has 116 valence electrons. The van der Waals surface area contributed by atoms with Crippen molar-refractivity contribution in [2.24, 2.45) is 17.6 Å². The summed E-state index contributed by atoms with van der Waals surface area (Å²) >= 11 is 0. The van der Waals surface area contributed by atoms with Gasteiger partial charge in [-0.05, 0) is 44.9 Å². The Morgan fingerprint density at radius 3 is 2.15 bits per heavy atom. The fraction of sp³-hybridized carbons (Fsp3) is 0.867. The number of hydrogen-bond donors (Lipinski definition) is 1. The second kappa shape index (κ2) is 8.95. The molecule has 0 saturated heterocycles. The van der Waals surface area contributed by atoms with E-state index in [2.05, 4.69) is 0 Å². The molecule has 0 unspecified atom stereocenters. The number of rotatable bonds is 7. The van der Waals surface area contributed by atoms with Crippen LogP contribution in [-0.4, -0.2) is 31.2 Å². The number of hydrogen-bond acceptors (Lipinski definition) is 5. The van der Waals surface area contributed by atoms with Gasteiger partial charge in [0.1, 0.15) is 6.04 Å². The molecule has 0 radical (unpaired) electrons. The molecule has 0 aromatic rings. The lowest BCUT2D eigenvalue weighted by Crippen LogP contribution is -2.35. The second-order valence-corrected chi connectivity index (χ2v) is 5.49. The fourth-order valence-corrected chi connectivity index (χ4v) is 2.83. The average Bonchev–Trinajstić information content (AvgIpc) is 2.41. The van der Waals surface area contributed by atoms with E-state index in [-0.39, 0.29) is 11.9 Å². The maximum Gasteiger partial charge on any atom is 0.322 e. The van der Waals surface area contributed by atoms with E-state index in [0.29, 0.717) is 37.9 Å². The van der Waals surface area contributed by atoms with Gasteiger partial charge in [0.2, 0.25) is 0 Å². The molecule has 0 aliphatic heterocycles. The molecule has 5 nitrogen and oxygen atoms in total. The molecule has 5 heteroatoms. The van der Waals surface area contributed by atoms with Crippen LogP contribution in [0.4, 0.5) is 0 Å². The number of ether oxygens (including phenoxy) is 2. The third-order valence-electron chi connectivity index (χ3n) is 3.90. The van der Waals surface area contributed by atoms with Crippen molar-refractivity contribution in [3.63, 3.8) is 0 Å². The first-order chi connectivity index (χ1) is 9.56. The van der Waals surface area contributed by atoms with Crippen molar-refractivity contribution in [1.82, 2.24) is 0 Å². The first kappa shape index (κ1) is 17.0. The van der Waals surface area contributed by atoms with Crippen LogP contribution in [0.2, 0.25) is 0 Å². The van der Waals surface area contributed by atoms with Crippen molar-refractivity contribution in [2.45, 2.75) is 58.4 Å². The van der Waals surface area contributed by atoms with E-state index in [9.17, 15) is 9.59 Å². The standard InChI is InChI=1S/C15H27NO4/c1-3-19-14(17)10-12-7-5-11(6-8-12)9-13(16)15(18)20-4-2/h11-13H,3-10,16H2,1-2H3/t11?,12?,13-/m1/s1. The smallest absolute Gasteiger partial charge is 0.322 e. The number of carbonyl (C=O) groups is 2. The van der Waals surface area contributed by atoms with Gasteiger partial charge in [-0.1, -0.05) is 12.8 Å². The average molecular weight is 285 g/mol. The third kappa shape index (κ3) is 5.90. The van der Waals surface area contributed by atoms with E-state index < -0.39 is 6.04 Å². The molecule has 0 aromatic carbocycles. The summed E-state index contributed by atoms with van der Waals surface area (Å²) in [5.74, 6) is 0.484. The minimum atomic E-state index is -0.512. The SMILES string of the molecule is CCOC(=O)CC1CCC(C[C@@H](N)C(=O)OCC)CC1. The summed E-state index contributed by atoms with van der Waals surface area (Å²) in [6, 6.07) is -0.512. The van der Waals surface area contributed by atoms with Crippen LogP contribution in [0.5, 0.6) is 0 Å². The molecular weight excluding hydrogens is 258 g/mol. The largest absolute Gasteiger partial charge is 0.466 e. The first-order valence-corrected chi connectivity index (χ1v) is 7.64. The van der Waals surface area contributed by atoms with E-state index in [1.165, 1.54) is 0 Å². The lowest BCUT2D eigenvalue weighted by molar-refractivity contribution is -0.145. The zero-order valence-electron chi connectivity index (χ0n) is 12.6. The maximum absolute atomic E-state index is 11.5. The van der Waals surface area contributed by atoms with E-state index >= 15 is 0 Å². The van der Waals surface area contributed by atoms with E-state index in [1.807, 2.05) is 6.92 Å². The number of esters is 2. The van der Waals surface area contributed by atoms with Gasteiger partial charge in [-0.2, -0.15) is 0 Å². The van der Waals surface area contributed by atoms with E-state index in [0.717, 1.165) is 25.7 Å². The summed E-state index contributed by atoms with van der Waals surface area (Å²) in [7, 11) is 0. The van der Waals surface area contributed by atoms with Crippen LogP contribution in [0.3, 0.4) is 0 Å². The van der Waals surface area contributed by atoms with Gasteiger partial charge in [0.25, 0.3) is 0 Å². The Morgan fingerprint density at radius 1 is 1.05 bits per heavy atom. The second-order valence-electron chi connectivity index (χ2n) is 5.49. The molecule has 1 saturated carbocycles. The molecule has 1 aliphatic carbocycles. The molecule has 1 fully saturated rings. The Kier molecular flexibility index (Phi) is 7.59. The number of carbonyl (C=O) groups excluding carboxylic acids is 2. The summed E-state index contributed by atoms with van der Waals surface area (Å²) in [6.07, 6.45) is 5.28. The van der Waals surface area contributed by atoms with Gasteiger partial charge in [-0.15, -0.1) is 0 Å². The maximum atomic E-state index is 11.5. The van der Waals surface area contributed by atoms with Crippen molar-refractivity contribution in [1.29, 1.82) is 0 Å². The Labute approximate surface area is 121 Å². The summed E-state index contributed by atoms with van der Waals surface area (Å²) in [5.41, 5.74) is 5.84. The van der Waals surface area contributed by atoms with Crippen molar-refractivity contribution in [3.05, 3.63) is 0 Å². The summed E-state index contributed by atoms with van der Waals surface area (Å²) in [5, 5.41) is 0. The van der Waals surface area contributed by atoms with Crippen LogP contribution in [-0.2, 0) is 19.1 Å². The van der Waals surface area contributed by atoms with Crippen LogP contribution >= 0.6 is 0 Å². The van der Waals surface area contributed by atoms with Gasteiger partial charge in [0.15, 0.2) is 0 Å². The molecule has 20 heavy (non-hydrogen) atoms. The van der Waals surface area contributed by atoms with Gasteiger partial charge in [-0.25, -0.2) is 0 Å². The van der Waals surface area contributed by atoms with E-state index in [4.69, 9.17) is 15.2 Å². The molecule has 0 aromatic heterocycles. The molecular formula is C15H27NO4. The highest BCUT2D eigenvalue weighted by molar-refractivity contribution is 5.75. The predicted molar refractivity (Wildman–Crippen MR) is 75.9 cm³/mol. The lowest BCUT2D eigenvalue weighted by atomic mass is 9.78. The Bertz CT molecular complexity index is 311. The van der Waals surface area contributed by atoms with Crippen LogP contribution < -0.4 is 5.73 Å². The molecule has 1 rings (SSSR count). The summed E-state index contributed by atoms with van der Waals surface area (Å²) in [6.45, 7) is 4.43. The van der Waals surface area contributed by atoms with Crippen molar-refractivity contribution >= 4 is 11.9 Å². The van der Waals surface area contributed by atoms with Crippen LogP contribution in [0.25, 0.3) is 0 Å². The molecule has 1 aliphatic rings. The van der Waals surface area contributed by atoms with Gasteiger partial charge in [0, 0.05) is 6.42 Å². The van der Waals surface area contributed by atoms with Crippen molar-refractivity contribution < 1.29 is 19.1 Å². The van der Waals surface area contributed by atoms with Crippen LogP contribution in [0.1, 0.15) is 52.4 Å². The van der Waals surface area contributed by atoms with E-state index in [1.54, 1.807) is 6.92 Å². The first-order valence-electron chi connectivity index (χ1n) is 7.64. The normalized spacial score (nSPS) is 23.9. The minimum Gasteiger partial charge on any atom is -0.466 e. The lowest BCUT2D eigenvalue weighted by Gasteiger charge is -2.29.